The molecular formula is C15H18N4O2. The number of nitrogens with zero attached hydrogens (tertiary/aromatic N) is 2. The third-order valence-electron chi connectivity index (χ3n) is 2.86. The lowest BCUT2D eigenvalue weighted by Crippen LogP contribution is -2.38. The Morgan fingerprint density at radius 3 is 2.67 bits per heavy atom. The minimum absolute atomic E-state index is 0.131. The second kappa shape index (κ2) is 8.57. The molecule has 1 atom stereocenters. The van der Waals surface area contributed by atoms with E-state index in [2.05, 4.69) is 10.6 Å². The van der Waals surface area contributed by atoms with Gasteiger partial charge in [0.15, 0.2) is 0 Å². The van der Waals surface area contributed by atoms with Crippen molar-refractivity contribution in [2.75, 3.05) is 25.6 Å². The Hall–Kier alpha value is -2.57. The quantitative estimate of drug-likeness (QED) is 0.738. The van der Waals surface area contributed by atoms with E-state index in [0.717, 1.165) is 6.42 Å². The van der Waals surface area contributed by atoms with Gasteiger partial charge >= 0.3 is 0 Å². The molecule has 0 radical (unpaired) electrons. The van der Waals surface area contributed by atoms with Gasteiger partial charge in [-0.2, -0.15) is 10.5 Å². The molecule has 1 unspecified atom stereocenters. The fraction of sp³-hybridized carbons (Fsp3) is 0.400. The Labute approximate surface area is 124 Å². The van der Waals surface area contributed by atoms with Crippen molar-refractivity contribution in [1.82, 2.24) is 5.32 Å². The molecule has 0 aromatic heterocycles. The highest BCUT2D eigenvalue weighted by Crippen LogP contribution is 2.15. The minimum Gasteiger partial charge on any atom is -0.385 e. The van der Waals surface area contributed by atoms with Crippen LogP contribution < -0.4 is 10.6 Å². The molecule has 1 rings (SSSR count). The van der Waals surface area contributed by atoms with Crippen molar-refractivity contribution in [2.24, 2.45) is 0 Å². The van der Waals surface area contributed by atoms with Gasteiger partial charge in [-0.05, 0) is 31.5 Å². The number of nitrogens with one attached hydrogen (secondary N) is 2. The summed E-state index contributed by atoms with van der Waals surface area (Å²) in [6.07, 6.45) is 0.754. The zero-order valence-corrected chi connectivity index (χ0v) is 12.1. The maximum Gasteiger partial charge on any atom is 0.242 e. The van der Waals surface area contributed by atoms with Gasteiger partial charge < -0.3 is 15.4 Å². The highest BCUT2D eigenvalue weighted by atomic mass is 16.5. The first kappa shape index (κ1) is 16.5. The normalized spacial score (nSPS) is 11.0. The molecule has 0 spiro atoms. The molecule has 0 heterocycles. The smallest absolute Gasteiger partial charge is 0.242 e. The molecule has 110 valence electrons. The first-order chi connectivity index (χ1) is 10.1. The highest BCUT2D eigenvalue weighted by Gasteiger charge is 2.12. The number of carbonyl (C=O) groups excluding carboxylic acids is 1. The zero-order valence-electron chi connectivity index (χ0n) is 12.1. The SMILES string of the molecule is COCCCNC(=O)C(C)Nc1ccc(C#N)c(C#N)c1. The van der Waals surface area contributed by atoms with Gasteiger partial charge in [-0.15, -0.1) is 0 Å². The van der Waals surface area contributed by atoms with Crippen molar-refractivity contribution in [1.29, 1.82) is 10.5 Å². The Morgan fingerprint density at radius 2 is 2.05 bits per heavy atom. The van der Waals surface area contributed by atoms with Crippen molar-refractivity contribution in [3.8, 4) is 12.1 Å². The van der Waals surface area contributed by atoms with E-state index < -0.39 is 6.04 Å². The van der Waals surface area contributed by atoms with Crippen LogP contribution in [-0.2, 0) is 9.53 Å². The zero-order chi connectivity index (χ0) is 15.7. The summed E-state index contributed by atoms with van der Waals surface area (Å²) in [4.78, 5) is 11.9. The molecule has 6 heteroatoms. The van der Waals surface area contributed by atoms with Crippen molar-refractivity contribution >= 4 is 11.6 Å². The third kappa shape index (κ3) is 5.13. The molecule has 0 fully saturated rings. The molecule has 0 aliphatic rings. The van der Waals surface area contributed by atoms with E-state index in [-0.39, 0.29) is 11.5 Å². The molecule has 6 nitrogen and oxygen atoms in total. The monoisotopic (exact) mass is 286 g/mol. The van der Waals surface area contributed by atoms with Crippen molar-refractivity contribution in [3.63, 3.8) is 0 Å². The molecule has 0 saturated heterocycles. The van der Waals surface area contributed by atoms with Crippen molar-refractivity contribution in [3.05, 3.63) is 29.3 Å². The van der Waals surface area contributed by atoms with Gasteiger partial charge in [-0.1, -0.05) is 0 Å². The fourth-order valence-electron chi connectivity index (χ4n) is 1.72. The molecular weight excluding hydrogens is 268 g/mol. The van der Waals surface area contributed by atoms with Gasteiger partial charge in [0.25, 0.3) is 0 Å². The number of anilines is 1. The van der Waals surface area contributed by atoms with Crippen LogP contribution in [0.1, 0.15) is 24.5 Å². The first-order valence-electron chi connectivity index (χ1n) is 6.59. The lowest BCUT2D eigenvalue weighted by atomic mass is 10.1. The van der Waals surface area contributed by atoms with E-state index in [9.17, 15) is 4.79 Å². The summed E-state index contributed by atoms with van der Waals surface area (Å²) in [7, 11) is 1.61. The number of amides is 1. The van der Waals surface area contributed by atoms with Gasteiger partial charge in [-0.25, -0.2) is 0 Å². The molecule has 1 aromatic rings. The van der Waals surface area contributed by atoms with Gasteiger partial charge in [0.1, 0.15) is 18.2 Å². The third-order valence-corrected chi connectivity index (χ3v) is 2.86. The summed E-state index contributed by atoms with van der Waals surface area (Å²) in [6.45, 7) is 2.88. The number of hydrogen-bond acceptors (Lipinski definition) is 5. The van der Waals surface area contributed by atoms with Crippen LogP contribution in [0.5, 0.6) is 0 Å². The molecule has 21 heavy (non-hydrogen) atoms. The summed E-state index contributed by atoms with van der Waals surface area (Å²) >= 11 is 0. The number of carbonyl (C=O) groups is 1. The van der Waals surface area contributed by atoms with Crippen LogP contribution in [0, 0.1) is 22.7 Å². The van der Waals surface area contributed by atoms with Crippen LogP contribution in [0.3, 0.4) is 0 Å². The van der Waals surface area contributed by atoms with E-state index in [0.29, 0.717) is 24.4 Å². The van der Waals surface area contributed by atoms with E-state index in [1.807, 2.05) is 12.1 Å². The van der Waals surface area contributed by atoms with Crippen LogP contribution >= 0.6 is 0 Å². The van der Waals surface area contributed by atoms with Gasteiger partial charge in [0.2, 0.25) is 5.91 Å². The molecule has 0 bridgehead atoms. The molecule has 0 aliphatic heterocycles. The Bertz CT molecular complexity index is 572. The summed E-state index contributed by atoms with van der Waals surface area (Å²) in [5.74, 6) is -0.131. The number of rotatable bonds is 7. The molecule has 0 aliphatic carbocycles. The van der Waals surface area contributed by atoms with E-state index in [1.54, 1.807) is 32.2 Å². The van der Waals surface area contributed by atoms with Crippen LogP contribution in [0.4, 0.5) is 5.69 Å². The Balaban J connectivity index is 2.59. The summed E-state index contributed by atoms with van der Waals surface area (Å²) in [6, 6.07) is 8.27. The molecule has 2 N–H and O–H groups in total. The maximum atomic E-state index is 11.9. The fourth-order valence-corrected chi connectivity index (χ4v) is 1.72. The Morgan fingerprint density at radius 1 is 1.33 bits per heavy atom. The largest absolute Gasteiger partial charge is 0.385 e. The lowest BCUT2D eigenvalue weighted by Gasteiger charge is -2.15. The van der Waals surface area contributed by atoms with Crippen LogP contribution in [-0.4, -0.2) is 32.2 Å². The molecule has 1 amide bonds. The number of nitriles is 2. The second-order valence-electron chi connectivity index (χ2n) is 4.49. The predicted molar refractivity (Wildman–Crippen MR) is 78.5 cm³/mol. The average Bonchev–Trinajstić information content (AvgIpc) is 2.51. The first-order valence-corrected chi connectivity index (χ1v) is 6.59. The summed E-state index contributed by atoms with van der Waals surface area (Å²) < 4.78 is 4.90. The summed E-state index contributed by atoms with van der Waals surface area (Å²) in [5.41, 5.74) is 1.24. The van der Waals surface area contributed by atoms with Gasteiger partial charge in [-0.3, -0.25) is 4.79 Å². The number of benzene rings is 1. The van der Waals surface area contributed by atoms with Crippen molar-refractivity contribution in [2.45, 2.75) is 19.4 Å². The number of methoxy groups -OCH3 is 1. The van der Waals surface area contributed by atoms with Crippen LogP contribution in [0.25, 0.3) is 0 Å². The van der Waals surface area contributed by atoms with Crippen molar-refractivity contribution < 1.29 is 9.53 Å². The van der Waals surface area contributed by atoms with Crippen LogP contribution in [0.2, 0.25) is 0 Å². The van der Waals surface area contributed by atoms with Gasteiger partial charge in [0, 0.05) is 25.9 Å². The lowest BCUT2D eigenvalue weighted by molar-refractivity contribution is -0.121. The van der Waals surface area contributed by atoms with E-state index in [4.69, 9.17) is 15.3 Å². The minimum atomic E-state index is -0.438. The number of ether oxygens (including phenoxy) is 1. The predicted octanol–water partition coefficient (Wildman–Crippen LogP) is 1.38. The maximum absolute atomic E-state index is 11.9. The standard InChI is InChI=1S/C15H18N4O2/c1-11(15(20)18-6-3-7-21-2)19-14-5-4-12(9-16)13(8-14)10-17/h4-5,8,11,19H,3,6-7H2,1-2H3,(H,18,20). The second-order valence-corrected chi connectivity index (χ2v) is 4.49. The number of hydrogen-bond donors (Lipinski definition) is 2. The summed E-state index contributed by atoms with van der Waals surface area (Å²) in [5, 5.41) is 23.6. The Kier molecular flexibility index (Phi) is 6.73. The van der Waals surface area contributed by atoms with Crippen LogP contribution in [0.15, 0.2) is 18.2 Å². The topological polar surface area (TPSA) is 97.9 Å². The molecule has 0 saturated carbocycles. The highest BCUT2D eigenvalue weighted by molar-refractivity contribution is 5.84. The van der Waals surface area contributed by atoms with E-state index >= 15 is 0 Å². The van der Waals surface area contributed by atoms with Gasteiger partial charge in [0.05, 0.1) is 11.1 Å². The average molecular weight is 286 g/mol. The van der Waals surface area contributed by atoms with E-state index in [1.165, 1.54) is 0 Å². The molecule has 1 aromatic carbocycles.